The molecule has 2 aromatic carbocycles. The van der Waals surface area contributed by atoms with Crippen molar-refractivity contribution in [2.75, 3.05) is 6.61 Å². The lowest BCUT2D eigenvalue weighted by molar-refractivity contribution is -0.136. The second kappa shape index (κ2) is 8.37. The zero-order valence-corrected chi connectivity index (χ0v) is 15.2. The number of carbonyl (C=O) groups is 1. The minimum Gasteiger partial charge on any atom is -0.494 e. The second-order valence-electron chi connectivity index (χ2n) is 5.18. The standard InChI is InChI=1S/C18H18BrClO3/c1-2-23-15-6-3-12(4-7-15)9-14-10-16(19)13(11-17(14)20)5-8-18(21)22/h3-4,6-7,10-11H,2,5,8-9H2,1H3,(H,21,22). The lowest BCUT2D eigenvalue weighted by Gasteiger charge is -2.10. The Kier molecular flexibility index (Phi) is 6.48. The highest BCUT2D eigenvalue weighted by Crippen LogP contribution is 2.28. The third-order valence-corrected chi connectivity index (χ3v) is 4.54. The van der Waals surface area contributed by atoms with E-state index in [0.29, 0.717) is 24.5 Å². The molecule has 0 unspecified atom stereocenters. The quantitative estimate of drug-likeness (QED) is 0.706. The first-order valence-corrected chi connectivity index (χ1v) is 8.57. The van der Waals surface area contributed by atoms with Crippen molar-refractivity contribution >= 4 is 33.5 Å². The van der Waals surface area contributed by atoms with Gasteiger partial charge in [0.05, 0.1) is 6.61 Å². The Balaban J connectivity index is 2.13. The van der Waals surface area contributed by atoms with E-state index in [9.17, 15) is 4.79 Å². The maximum absolute atomic E-state index is 10.7. The second-order valence-corrected chi connectivity index (χ2v) is 6.44. The van der Waals surface area contributed by atoms with Gasteiger partial charge < -0.3 is 9.84 Å². The van der Waals surface area contributed by atoms with E-state index in [1.54, 1.807) is 0 Å². The van der Waals surface area contributed by atoms with Crippen LogP contribution >= 0.6 is 27.5 Å². The van der Waals surface area contributed by atoms with Crippen LogP contribution in [0, 0.1) is 0 Å². The molecule has 2 aromatic rings. The molecule has 0 fully saturated rings. The Bertz CT molecular complexity index is 683. The molecule has 5 heteroatoms. The van der Waals surface area contributed by atoms with Crippen molar-refractivity contribution in [3.63, 3.8) is 0 Å². The molecule has 0 saturated carbocycles. The Morgan fingerprint density at radius 1 is 1.22 bits per heavy atom. The zero-order valence-electron chi connectivity index (χ0n) is 12.8. The molecule has 3 nitrogen and oxygen atoms in total. The topological polar surface area (TPSA) is 46.5 Å². The summed E-state index contributed by atoms with van der Waals surface area (Å²) in [6.45, 7) is 2.60. The number of ether oxygens (including phenoxy) is 1. The first-order valence-electron chi connectivity index (χ1n) is 7.40. The van der Waals surface area contributed by atoms with E-state index < -0.39 is 5.97 Å². The lowest BCUT2D eigenvalue weighted by atomic mass is 10.0. The number of hydrogen-bond donors (Lipinski definition) is 1. The number of halogens is 2. The largest absolute Gasteiger partial charge is 0.494 e. The first kappa shape index (κ1) is 17.8. The summed E-state index contributed by atoms with van der Waals surface area (Å²) >= 11 is 9.86. The zero-order chi connectivity index (χ0) is 16.8. The van der Waals surface area contributed by atoms with Crippen LogP contribution in [0.5, 0.6) is 5.75 Å². The maximum Gasteiger partial charge on any atom is 0.303 e. The highest BCUT2D eigenvalue weighted by molar-refractivity contribution is 9.10. The minimum absolute atomic E-state index is 0.0904. The number of rotatable bonds is 7. The van der Waals surface area contributed by atoms with Crippen LogP contribution < -0.4 is 4.74 Å². The van der Waals surface area contributed by atoms with E-state index in [0.717, 1.165) is 26.9 Å². The van der Waals surface area contributed by atoms with Gasteiger partial charge in [-0.2, -0.15) is 0 Å². The van der Waals surface area contributed by atoms with Crippen molar-refractivity contribution in [1.82, 2.24) is 0 Å². The molecule has 1 N–H and O–H groups in total. The summed E-state index contributed by atoms with van der Waals surface area (Å²) in [5.41, 5.74) is 3.05. The highest BCUT2D eigenvalue weighted by Gasteiger charge is 2.09. The van der Waals surface area contributed by atoms with Crippen molar-refractivity contribution in [1.29, 1.82) is 0 Å². The Morgan fingerprint density at radius 3 is 2.52 bits per heavy atom. The summed E-state index contributed by atoms with van der Waals surface area (Å²) in [7, 11) is 0. The van der Waals surface area contributed by atoms with Gasteiger partial charge in [0.2, 0.25) is 0 Å². The van der Waals surface area contributed by atoms with Crippen LogP contribution in [0.2, 0.25) is 5.02 Å². The van der Waals surface area contributed by atoms with Crippen LogP contribution in [0.3, 0.4) is 0 Å². The van der Waals surface area contributed by atoms with E-state index in [1.807, 2.05) is 43.3 Å². The van der Waals surface area contributed by atoms with E-state index in [-0.39, 0.29) is 6.42 Å². The van der Waals surface area contributed by atoms with Crippen LogP contribution in [0.15, 0.2) is 40.9 Å². The fraction of sp³-hybridized carbons (Fsp3) is 0.278. The Hall–Kier alpha value is -1.52. The highest BCUT2D eigenvalue weighted by atomic mass is 79.9. The molecule has 0 aliphatic carbocycles. The molecule has 0 spiro atoms. The molecule has 0 aliphatic heterocycles. The van der Waals surface area contributed by atoms with Crippen molar-refractivity contribution in [2.45, 2.75) is 26.2 Å². The number of carboxylic acid groups (broad SMARTS) is 1. The molecule has 0 aromatic heterocycles. The van der Waals surface area contributed by atoms with Gasteiger partial charge in [-0.3, -0.25) is 4.79 Å². The average Bonchev–Trinajstić information content (AvgIpc) is 2.51. The Morgan fingerprint density at radius 2 is 1.91 bits per heavy atom. The molecule has 0 heterocycles. The van der Waals surface area contributed by atoms with E-state index in [1.165, 1.54) is 0 Å². The molecule has 0 amide bonds. The van der Waals surface area contributed by atoms with Gasteiger partial charge in [0.15, 0.2) is 0 Å². The van der Waals surface area contributed by atoms with Crippen LogP contribution in [-0.4, -0.2) is 17.7 Å². The van der Waals surface area contributed by atoms with Crippen LogP contribution in [0.25, 0.3) is 0 Å². The fourth-order valence-corrected chi connectivity index (χ4v) is 3.13. The van der Waals surface area contributed by atoms with Gasteiger partial charge in [-0.25, -0.2) is 0 Å². The molecular formula is C18H18BrClO3. The van der Waals surface area contributed by atoms with Gasteiger partial charge in [0.1, 0.15) is 5.75 Å². The van der Waals surface area contributed by atoms with Crippen LogP contribution in [0.4, 0.5) is 0 Å². The van der Waals surface area contributed by atoms with Crippen LogP contribution in [-0.2, 0) is 17.6 Å². The third-order valence-electron chi connectivity index (χ3n) is 3.45. The van der Waals surface area contributed by atoms with Gasteiger partial charge in [0, 0.05) is 15.9 Å². The molecule has 2 rings (SSSR count). The summed E-state index contributed by atoms with van der Waals surface area (Å²) in [5.74, 6) is 0.0408. The van der Waals surface area contributed by atoms with E-state index >= 15 is 0 Å². The predicted molar refractivity (Wildman–Crippen MR) is 95.5 cm³/mol. The molecule has 0 saturated heterocycles. The number of carboxylic acids is 1. The maximum atomic E-state index is 10.7. The third kappa shape index (κ3) is 5.26. The summed E-state index contributed by atoms with van der Waals surface area (Å²) in [6, 6.07) is 11.8. The van der Waals surface area contributed by atoms with Crippen LogP contribution in [0.1, 0.15) is 30.0 Å². The monoisotopic (exact) mass is 396 g/mol. The predicted octanol–water partition coefficient (Wildman–Crippen LogP) is 5.11. The number of aryl methyl sites for hydroxylation is 1. The molecule has 23 heavy (non-hydrogen) atoms. The average molecular weight is 398 g/mol. The SMILES string of the molecule is CCOc1ccc(Cc2cc(Br)c(CCC(=O)O)cc2Cl)cc1. The Labute approximate surface area is 149 Å². The molecule has 0 aliphatic rings. The number of aliphatic carboxylic acids is 1. The summed E-state index contributed by atoms with van der Waals surface area (Å²) in [6.07, 6.45) is 1.26. The molecule has 122 valence electrons. The van der Waals surface area contributed by atoms with Crippen molar-refractivity contribution in [2.24, 2.45) is 0 Å². The molecule has 0 atom stereocenters. The molecular weight excluding hydrogens is 380 g/mol. The van der Waals surface area contributed by atoms with Crippen molar-refractivity contribution < 1.29 is 14.6 Å². The van der Waals surface area contributed by atoms with Crippen molar-refractivity contribution in [3.05, 3.63) is 62.6 Å². The van der Waals surface area contributed by atoms with Gasteiger partial charge in [-0.15, -0.1) is 0 Å². The summed E-state index contributed by atoms with van der Waals surface area (Å²) in [5, 5.41) is 9.44. The lowest BCUT2D eigenvalue weighted by Crippen LogP contribution is -1.99. The molecule has 0 radical (unpaired) electrons. The van der Waals surface area contributed by atoms with E-state index in [2.05, 4.69) is 15.9 Å². The van der Waals surface area contributed by atoms with Gasteiger partial charge in [-0.05, 0) is 60.7 Å². The van der Waals surface area contributed by atoms with E-state index in [4.69, 9.17) is 21.4 Å². The first-order chi connectivity index (χ1) is 11.0. The number of hydrogen-bond acceptors (Lipinski definition) is 2. The van der Waals surface area contributed by atoms with Crippen molar-refractivity contribution in [3.8, 4) is 5.75 Å². The smallest absolute Gasteiger partial charge is 0.303 e. The normalized spacial score (nSPS) is 10.6. The van der Waals surface area contributed by atoms with Gasteiger partial charge in [0.25, 0.3) is 0 Å². The molecule has 0 bridgehead atoms. The number of benzene rings is 2. The fourth-order valence-electron chi connectivity index (χ4n) is 2.29. The van der Waals surface area contributed by atoms with Gasteiger partial charge in [-0.1, -0.05) is 39.7 Å². The van der Waals surface area contributed by atoms with Gasteiger partial charge >= 0.3 is 5.97 Å². The summed E-state index contributed by atoms with van der Waals surface area (Å²) < 4.78 is 6.33. The summed E-state index contributed by atoms with van der Waals surface area (Å²) in [4.78, 5) is 10.7. The minimum atomic E-state index is -0.813.